The normalized spacial score (nSPS) is 22.8. The summed E-state index contributed by atoms with van der Waals surface area (Å²) < 4.78 is 4.94. The molecule has 6 heteroatoms. The molecule has 25 heavy (non-hydrogen) atoms. The number of hydrogen-bond acceptors (Lipinski definition) is 4. The van der Waals surface area contributed by atoms with Crippen LogP contribution in [-0.2, 0) is 9.53 Å². The van der Waals surface area contributed by atoms with Gasteiger partial charge in [-0.2, -0.15) is 0 Å². The predicted molar refractivity (Wildman–Crippen MR) is 94.1 cm³/mol. The largest absolute Gasteiger partial charge is 0.452 e. The van der Waals surface area contributed by atoms with E-state index in [9.17, 15) is 14.4 Å². The number of urea groups is 1. The number of esters is 1. The number of imide groups is 1. The molecule has 3 atom stereocenters. The molecule has 0 heterocycles. The molecule has 0 aliphatic heterocycles. The van der Waals surface area contributed by atoms with Gasteiger partial charge in [-0.15, -0.1) is 0 Å². The summed E-state index contributed by atoms with van der Waals surface area (Å²) in [7, 11) is 0. The summed E-state index contributed by atoms with van der Waals surface area (Å²) in [5.74, 6) is -0.317. The van der Waals surface area contributed by atoms with Crippen LogP contribution in [0.5, 0.6) is 0 Å². The van der Waals surface area contributed by atoms with Crippen molar-refractivity contribution in [1.82, 2.24) is 10.6 Å². The molecule has 6 nitrogen and oxygen atoms in total. The molecule has 3 unspecified atom stereocenters. The maximum atomic E-state index is 11.9. The molecule has 0 radical (unpaired) electrons. The van der Waals surface area contributed by atoms with Crippen LogP contribution in [0.2, 0.25) is 0 Å². The highest BCUT2D eigenvalue weighted by Crippen LogP contribution is 2.29. The Bertz CT molecular complexity index is 644. The van der Waals surface area contributed by atoms with Crippen LogP contribution in [0.1, 0.15) is 49.0 Å². The topological polar surface area (TPSA) is 84.5 Å². The third kappa shape index (κ3) is 5.59. The SMILES string of the molecule is Cc1cccc(C(=O)OCC(=O)NC(=O)NC2CCCC(C)C2C)c1. The van der Waals surface area contributed by atoms with Gasteiger partial charge in [-0.25, -0.2) is 9.59 Å². The van der Waals surface area contributed by atoms with E-state index in [0.717, 1.165) is 24.8 Å². The number of benzene rings is 1. The molecule has 1 aliphatic rings. The number of carbonyl (C=O) groups is 3. The second kappa shape index (κ2) is 8.65. The van der Waals surface area contributed by atoms with E-state index in [-0.39, 0.29) is 6.04 Å². The zero-order valence-corrected chi connectivity index (χ0v) is 15.0. The summed E-state index contributed by atoms with van der Waals surface area (Å²) in [4.78, 5) is 35.6. The van der Waals surface area contributed by atoms with Gasteiger partial charge in [0.15, 0.2) is 6.61 Å². The molecule has 1 aromatic carbocycles. The molecule has 3 amide bonds. The van der Waals surface area contributed by atoms with Crippen molar-refractivity contribution in [3.63, 3.8) is 0 Å². The highest BCUT2D eigenvalue weighted by molar-refractivity contribution is 5.97. The van der Waals surface area contributed by atoms with Crippen molar-refractivity contribution in [3.8, 4) is 0 Å². The quantitative estimate of drug-likeness (QED) is 0.821. The summed E-state index contributed by atoms with van der Waals surface area (Å²) in [6, 6.07) is 6.42. The summed E-state index contributed by atoms with van der Waals surface area (Å²) in [6.45, 7) is 5.66. The van der Waals surface area contributed by atoms with E-state index in [4.69, 9.17) is 4.74 Å². The number of ether oxygens (including phenoxy) is 1. The average Bonchev–Trinajstić information content (AvgIpc) is 2.56. The first kappa shape index (κ1) is 19.0. The van der Waals surface area contributed by atoms with E-state index in [1.807, 2.05) is 13.0 Å². The molecule has 136 valence electrons. The minimum atomic E-state index is -0.644. The van der Waals surface area contributed by atoms with Crippen LogP contribution in [0.3, 0.4) is 0 Å². The monoisotopic (exact) mass is 346 g/mol. The van der Waals surface area contributed by atoms with Crippen LogP contribution in [-0.4, -0.2) is 30.6 Å². The summed E-state index contributed by atoms with van der Waals surface area (Å²) in [6.07, 6.45) is 3.14. The lowest BCUT2D eigenvalue weighted by molar-refractivity contribution is -0.123. The van der Waals surface area contributed by atoms with E-state index >= 15 is 0 Å². The maximum absolute atomic E-state index is 11.9. The fraction of sp³-hybridized carbons (Fsp3) is 0.526. The van der Waals surface area contributed by atoms with Crippen molar-refractivity contribution >= 4 is 17.9 Å². The molecular formula is C19H26N2O4. The molecule has 1 saturated carbocycles. The van der Waals surface area contributed by atoms with E-state index in [0.29, 0.717) is 17.4 Å². The van der Waals surface area contributed by atoms with Gasteiger partial charge in [0.2, 0.25) is 0 Å². The first-order valence-corrected chi connectivity index (χ1v) is 8.71. The standard InChI is InChI=1S/C19H26N2O4/c1-12-6-4-8-15(10-12)18(23)25-11-17(22)21-19(24)20-16-9-5-7-13(2)14(16)3/h4,6,8,10,13-14,16H,5,7,9,11H2,1-3H3,(H2,20,21,22,24). The van der Waals surface area contributed by atoms with Crippen LogP contribution in [0.4, 0.5) is 4.79 Å². The fourth-order valence-electron chi connectivity index (χ4n) is 3.14. The van der Waals surface area contributed by atoms with Crippen molar-refractivity contribution in [2.24, 2.45) is 11.8 Å². The van der Waals surface area contributed by atoms with Crippen LogP contribution in [0.25, 0.3) is 0 Å². The van der Waals surface area contributed by atoms with Gasteiger partial charge in [-0.3, -0.25) is 10.1 Å². The lowest BCUT2D eigenvalue weighted by atomic mass is 9.78. The second-order valence-electron chi connectivity index (χ2n) is 6.84. The molecule has 1 fully saturated rings. The van der Waals surface area contributed by atoms with Crippen molar-refractivity contribution in [2.75, 3.05) is 6.61 Å². The molecular weight excluding hydrogens is 320 g/mol. The first-order chi connectivity index (χ1) is 11.9. The van der Waals surface area contributed by atoms with Gasteiger partial charge >= 0.3 is 12.0 Å². The van der Waals surface area contributed by atoms with E-state index < -0.39 is 24.5 Å². The maximum Gasteiger partial charge on any atom is 0.338 e. The van der Waals surface area contributed by atoms with Crippen LogP contribution in [0, 0.1) is 18.8 Å². The Morgan fingerprint density at radius 2 is 1.96 bits per heavy atom. The summed E-state index contributed by atoms with van der Waals surface area (Å²) in [5.41, 5.74) is 1.30. The van der Waals surface area contributed by atoms with Gasteiger partial charge in [-0.05, 0) is 37.3 Å². The molecule has 0 saturated heterocycles. The minimum Gasteiger partial charge on any atom is -0.452 e. The molecule has 0 bridgehead atoms. The minimum absolute atomic E-state index is 0.0615. The molecule has 2 rings (SSSR count). The predicted octanol–water partition coefficient (Wildman–Crippen LogP) is 2.80. The third-order valence-electron chi connectivity index (χ3n) is 4.86. The number of aryl methyl sites for hydroxylation is 1. The number of amides is 3. The summed E-state index contributed by atoms with van der Waals surface area (Å²) in [5, 5.41) is 5.06. The molecule has 2 N–H and O–H groups in total. The Morgan fingerprint density at radius 3 is 2.68 bits per heavy atom. The van der Waals surface area contributed by atoms with E-state index in [1.165, 1.54) is 0 Å². The van der Waals surface area contributed by atoms with Crippen LogP contribution in [0.15, 0.2) is 24.3 Å². The number of rotatable bonds is 4. The van der Waals surface area contributed by atoms with E-state index in [2.05, 4.69) is 24.5 Å². The van der Waals surface area contributed by atoms with Crippen molar-refractivity contribution in [1.29, 1.82) is 0 Å². The van der Waals surface area contributed by atoms with Gasteiger partial charge in [0.25, 0.3) is 5.91 Å². The number of carbonyl (C=O) groups excluding carboxylic acids is 3. The Kier molecular flexibility index (Phi) is 6.56. The van der Waals surface area contributed by atoms with E-state index in [1.54, 1.807) is 18.2 Å². The molecule has 1 aliphatic carbocycles. The zero-order chi connectivity index (χ0) is 18.4. The zero-order valence-electron chi connectivity index (χ0n) is 15.0. The summed E-state index contributed by atoms with van der Waals surface area (Å²) >= 11 is 0. The highest BCUT2D eigenvalue weighted by atomic mass is 16.5. The molecule has 0 aromatic heterocycles. The first-order valence-electron chi connectivity index (χ1n) is 8.71. The smallest absolute Gasteiger partial charge is 0.338 e. The third-order valence-corrected chi connectivity index (χ3v) is 4.86. The van der Waals surface area contributed by atoms with Gasteiger partial charge in [-0.1, -0.05) is 44.4 Å². The lowest BCUT2D eigenvalue weighted by Gasteiger charge is -2.34. The van der Waals surface area contributed by atoms with Gasteiger partial charge in [0.1, 0.15) is 0 Å². The van der Waals surface area contributed by atoms with Crippen molar-refractivity contribution in [3.05, 3.63) is 35.4 Å². The highest BCUT2D eigenvalue weighted by Gasteiger charge is 2.28. The fourth-order valence-corrected chi connectivity index (χ4v) is 3.14. The number of nitrogens with one attached hydrogen (secondary N) is 2. The lowest BCUT2D eigenvalue weighted by Crippen LogP contribution is -2.49. The molecule has 0 spiro atoms. The Hall–Kier alpha value is -2.37. The molecule has 1 aromatic rings. The van der Waals surface area contributed by atoms with Gasteiger partial charge < -0.3 is 10.1 Å². The Balaban J connectivity index is 1.76. The van der Waals surface area contributed by atoms with Crippen LogP contribution >= 0.6 is 0 Å². The number of hydrogen-bond donors (Lipinski definition) is 2. The van der Waals surface area contributed by atoms with Crippen molar-refractivity contribution < 1.29 is 19.1 Å². The second-order valence-corrected chi connectivity index (χ2v) is 6.84. The van der Waals surface area contributed by atoms with Crippen molar-refractivity contribution in [2.45, 2.75) is 46.1 Å². The van der Waals surface area contributed by atoms with Gasteiger partial charge in [0, 0.05) is 6.04 Å². The van der Waals surface area contributed by atoms with Gasteiger partial charge in [0.05, 0.1) is 5.56 Å². The Morgan fingerprint density at radius 1 is 1.20 bits per heavy atom. The Labute approximate surface area is 148 Å². The van der Waals surface area contributed by atoms with Crippen LogP contribution < -0.4 is 10.6 Å². The average molecular weight is 346 g/mol.